The lowest BCUT2D eigenvalue weighted by Gasteiger charge is -2.49. The molecule has 4 rings (SSSR count). The molecule has 2 saturated heterocycles. The molecule has 0 aromatic rings. The Hall–Kier alpha value is -1.14. The number of fused-ring (bicyclic) bond motifs is 2. The molecule has 2 N–H and O–H groups in total. The Labute approximate surface area is 128 Å². The largest absolute Gasteiger partial charge is 0.464 e. The van der Waals surface area contributed by atoms with Crippen molar-refractivity contribution in [1.29, 1.82) is 0 Å². The van der Waals surface area contributed by atoms with Gasteiger partial charge in [0.1, 0.15) is 17.6 Å². The lowest BCUT2D eigenvalue weighted by molar-refractivity contribution is -0.205. The zero-order chi connectivity index (χ0) is 16.4. The molecular formula is C16H22O6. The quantitative estimate of drug-likeness (QED) is 0.634. The van der Waals surface area contributed by atoms with E-state index in [0.717, 1.165) is 0 Å². The molecule has 0 aromatic heterocycles. The highest BCUT2D eigenvalue weighted by molar-refractivity contribution is 5.86. The third kappa shape index (κ3) is 0.898. The predicted molar refractivity (Wildman–Crippen MR) is 73.5 cm³/mol. The highest BCUT2D eigenvalue weighted by Gasteiger charge is 2.94. The van der Waals surface area contributed by atoms with Crippen LogP contribution in [0.15, 0.2) is 0 Å². The van der Waals surface area contributed by atoms with Gasteiger partial charge in [0.05, 0.1) is 28.5 Å². The highest BCUT2D eigenvalue weighted by atomic mass is 16.6. The summed E-state index contributed by atoms with van der Waals surface area (Å²) in [4.78, 5) is 24.6. The van der Waals surface area contributed by atoms with Gasteiger partial charge < -0.3 is 19.7 Å². The Morgan fingerprint density at radius 1 is 1.05 bits per heavy atom. The van der Waals surface area contributed by atoms with Crippen molar-refractivity contribution >= 4 is 11.9 Å². The SMILES string of the molecule is C[C@]1(O)[C@@]2(C)C(=O)OC[C@@]2(C)[C@@]2(O)CC[C@]3(C)OC(=O)C[C@]123. The fraction of sp³-hybridized carbons (Fsp3) is 0.875. The normalized spacial score (nSPS) is 62.5. The average molecular weight is 310 g/mol. The molecule has 2 aliphatic carbocycles. The summed E-state index contributed by atoms with van der Waals surface area (Å²) in [7, 11) is 0. The highest BCUT2D eigenvalue weighted by Crippen LogP contribution is 2.82. The van der Waals surface area contributed by atoms with Crippen LogP contribution >= 0.6 is 0 Å². The standard InChI is InChI=1S/C16H22O6/c1-11-8-21-10(18)13(11,3)14(4,19)15-7-9(17)22-12(15,2)5-6-16(11,15)20/h19-20H,5-8H2,1-4H3/t11-,12+,13+,14+,15+,16+/m1/s1. The second kappa shape index (κ2) is 3.22. The molecule has 0 radical (unpaired) electrons. The van der Waals surface area contributed by atoms with Crippen LogP contribution < -0.4 is 0 Å². The first-order valence-corrected chi connectivity index (χ1v) is 7.77. The summed E-state index contributed by atoms with van der Waals surface area (Å²) >= 11 is 0. The number of rotatable bonds is 0. The van der Waals surface area contributed by atoms with Crippen molar-refractivity contribution in [3.05, 3.63) is 0 Å². The molecule has 0 amide bonds. The molecule has 0 unspecified atom stereocenters. The summed E-state index contributed by atoms with van der Waals surface area (Å²) in [5.41, 5.74) is -7.44. The van der Waals surface area contributed by atoms with Crippen LogP contribution in [0.2, 0.25) is 0 Å². The third-order valence-corrected chi connectivity index (χ3v) is 8.04. The van der Waals surface area contributed by atoms with Gasteiger partial charge in [0, 0.05) is 0 Å². The third-order valence-electron chi connectivity index (χ3n) is 8.04. The predicted octanol–water partition coefficient (Wildman–Crippen LogP) is 0.537. The van der Waals surface area contributed by atoms with Crippen LogP contribution in [0.3, 0.4) is 0 Å². The Balaban J connectivity index is 2.10. The summed E-state index contributed by atoms with van der Waals surface area (Å²) < 4.78 is 10.8. The lowest BCUT2D eigenvalue weighted by atomic mass is 9.58. The summed E-state index contributed by atoms with van der Waals surface area (Å²) in [6, 6.07) is 0. The van der Waals surface area contributed by atoms with Crippen molar-refractivity contribution in [3.8, 4) is 0 Å². The second-order valence-corrected chi connectivity index (χ2v) is 8.25. The summed E-state index contributed by atoms with van der Waals surface area (Å²) in [6.07, 6.45) is 0.756. The number of aliphatic hydroxyl groups is 2. The van der Waals surface area contributed by atoms with E-state index in [1.54, 1.807) is 27.7 Å². The number of carbonyl (C=O) groups is 2. The lowest BCUT2D eigenvalue weighted by Crippen LogP contribution is -2.63. The number of esters is 2. The maximum absolute atomic E-state index is 12.5. The molecule has 4 fully saturated rings. The molecule has 0 bridgehead atoms. The van der Waals surface area contributed by atoms with Gasteiger partial charge in [-0.05, 0) is 33.6 Å². The summed E-state index contributed by atoms with van der Waals surface area (Å²) in [5, 5.41) is 23.2. The second-order valence-electron chi connectivity index (χ2n) is 8.25. The Kier molecular flexibility index (Phi) is 2.11. The number of cyclic esters (lactones) is 1. The van der Waals surface area contributed by atoms with Gasteiger partial charge in [-0.15, -0.1) is 0 Å². The Bertz CT molecular complexity index is 628. The van der Waals surface area contributed by atoms with Crippen LogP contribution in [0.25, 0.3) is 0 Å². The molecule has 6 atom stereocenters. The van der Waals surface area contributed by atoms with Gasteiger partial charge in [-0.3, -0.25) is 9.59 Å². The van der Waals surface area contributed by atoms with Crippen molar-refractivity contribution in [2.24, 2.45) is 16.2 Å². The van der Waals surface area contributed by atoms with Crippen molar-refractivity contribution in [2.45, 2.75) is 63.8 Å². The number of hydrogen-bond donors (Lipinski definition) is 2. The van der Waals surface area contributed by atoms with E-state index < -0.39 is 45.0 Å². The van der Waals surface area contributed by atoms with E-state index in [4.69, 9.17) is 9.47 Å². The van der Waals surface area contributed by atoms with E-state index in [2.05, 4.69) is 0 Å². The van der Waals surface area contributed by atoms with Crippen LogP contribution in [0.5, 0.6) is 0 Å². The first-order chi connectivity index (χ1) is 9.94. The number of hydrogen-bond acceptors (Lipinski definition) is 6. The topological polar surface area (TPSA) is 93.1 Å². The Morgan fingerprint density at radius 2 is 1.68 bits per heavy atom. The minimum absolute atomic E-state index is 0.0427. The average Bonchev–Trinajstić information content (AvgIpc) is 2.94. The van der Waals surface area contributed by atoms with Crippen molar-refractivity contribution < 1.29 is 29.3 Å². The molecule has 4 aliphatic rings. The van der Waals surface area contributed by atoms with Crippen LogP contribution in [0.1, 0.15) is 47.0 Å². The van der Waals surface area contributed by atoms with Gasteiger partial charge >= 0.3 is 11.9 Å². The van der Waals surface area contributed by atoms with E-state index in [1.807, 2.05) is 0 Å². The Morgan fingerprint density at radius 3 is 2.32 bits per heavy atom. The molecule has 122 valence electrons. The molecule has 6 heteroatoms. The van der Waals surface area contributed by atoms with E-state index in [9.17, 15) is 19.8 Å². The van der Waals surface area contributed by atoms with E-state index >= 15 is 0 Å². The van der Waals surface area contributed by atoms with Gasteiger partial charge in [-0.25, -0.2) is 0 Å². The smallest absolute Gasteiger partial charge is 0.315 e. The molecule has 0 aromatic carbocycles. The summed E-state index contributed by atoms with van der Waals surface area (Å²) in [5.74, 6) is -0.944. The number of carbonyl (C=O) groups excluding carboxylic acids is 2. The fourth-order valence-corrected chi connectivity index (χ4v) is 6.51. The monoisotopic (exact) mass is 310 g/mol. The number of ether oxygens (including phenoxy) is 2. The molecule has 1 spiro atoms. The van der Waals surface area contributed by atoms with Gasteiger partial charge in [0.25, 0.3) is 0 Å². The first kappa shape index (κ1) is 14.5. The van der Waals surface area contributed by atoms with Gasteiger partial charge in [0.2, 0.25) is 0 Å². The summed E-state index contributed by atoms with van der Waals surface area (Å²) in [6.45, 7) is 6.80. The fourth-order valence-electron chi connectivity index (χ4n) is 6.51. The maximum atomic E-state index is 12.5. The van der Waals surface area contributed by atoms with Crippen LogP contribution in [0, 0.1) is 16.2 Å². The van der Waals surface area contributed by atoms with E-state index in [1.165, 1.54) is 0 Å². The van der Waals surface area contributed by atoms with Gasteiger partial charge in [-0.1, -0.05) is 6.92 Å². The molecule has 2 aliphatic heterocycles. The van der Waals surface area contributed by atoms with Gasteiger partial charge in [0.15, 0.2) is 0 Å². The molecule has 2 heterocycles. The van der Waals surface area contributed by atoms with Crippen LogP contribution in [-0.2, 0) is 19.1 Å². The molecular weight excluding hydrogens is 288 g/mol. The van der Waals surface area contributed by atoms with E-state index in [0.29, 0.717) is 12.8 Å². The van der Waals surface area contributed by atoms with Crippen LogP contribution in [-0.4, -0.2) is 45.6 Å². The van der Waals surface area contributed by atoms with Crippen molar-refractivity contribution in [3.63, 3.8) is 0 Å². The molecule has 2 saturated carbocycles. The molecule has 22 heavy (non-hydrogen) atoms. The van der Waals surface area contributed by atoms with Crippen molar-refractivity contribution in [1.82, 2.24) is 0 Å². The minimum Gasteiger partial charge on any atom is -0.464 e. The zero-order valence-corrected chi connectivity index (χ0v) is 13.4. The first-order valence-electron chi connectivity index (χ1n) is 7.77. The molecule has 6 nitrogen and oxygen atoms in total. The van der Waals surface area contributed by atoms with Crippen molar-refractivity contribution in [2.75, 3.05) is 6.61 Å². The van der Waals surface area contributed by atoms with Gasteiger partial charge in [-0.2, -0.15) is 0 Å². The van der Waals surface area contributed by atoms with E-state index in [-0.39, 0.29) is 13.0 Å². The van der Waals surface area contributed by atoms with Crippen LogP contribution in [0.4, 0.5) is 0 Å². The zero-order valence-electron chi connectivity index (χ0n) is 13.4. The maximum Gasteiger partial charge on any atom is 0.315 e. The minimum atomic E-state index is -1.62.